The van der Waals surface area contributed by atoms with Crippen molar-refractivity contribution in [2.45, 2.75) is 75.7 Å². The standard InChI is InChI=1S/C26H29N3O5/c1-22(2)10-8-14-16(34-22)7-6-15-18(14)29(33)19-23(3,4)17-12-24-9-5-11-28(24)21(31)25(17,27-20(24)30)13-26(15,19)32/h6-8,10,17,32H,5,9,11-13H2,1-4H3,(H,27,30)/t17-,24+,25+,26+/m0/s1. The van der Waals surface area contributed by atoms with Gasteiger partial charge in [0, 0.05) is 18.9 Å². The monoisotopic (exact) mass is 463 g/mol. The maximum atomic E-state index is 14.0. The number of aliphatic hydroxyl groups is 1. The minimum atomic E-state index is -1.67. The molecule has 2 N–H and O–H groups in total. The van der Waals surface area contributed by atoms with Crippen LogP contribution in [-0.4, -0.2) is 55.5 Å². The van der Waals surface area contributed by atoms with Crippen molar-refractivity contribution in [3.8, 4) is 5.75 Å². The summed E-state index contributed by atoms with van der Waals surface area (Å²) in [6.07, 6.45) is 5.68. The van der Waals surface area contributed by atoms with Crippen molar-refractivity contribution in [3.63, 3.8) is 0 Å². The van der Waals surface area contributed by atoms with E-state index in [0.29, 0.717) is 47.7 Å². The summed E-state index contributed by atoms with van der Waals surface area (Å²) < 4.78 is 6.97. The van der Waals surface area contributed by atoms with Crippen LogP contribution in [0.4, 0.5) is 5.69 Å². The maximum Gasteiger partial charge on any atom is 0.249 e. The van der Waals surface area contributed by atoms with Gasteiger partial charge in [-0.15, -0.1) is 0 Å². The minimum absolute atomic E-state index is 0.0405. The lowest BCUT2D eigenvalue weighted by atomic mass is 9.47. The molecule has 7 aliphatic rings. The molecule has 0 aromatic heterocycles. The number of fused-ring (bicyclic) bond motifs is 6. The van der Waals surface area contributed by atoms with Gasteiger partial charge in [0.2, 0.25) is 23.2 Å². The SMILES string of the molecule is CC1(C)C=Cc2c(ccc3c2[N+]([O-])=C2C(C)(C)[C@@H]4C[C@@]56CCCN5C(=O)[C@]4(C[C@]23O)NC6=O)O1. The second kappa shape index (κ2) is 5.51. The number of carbonyl (C=O) groups is 2. The normalized spacial score (nSPS) is 39.7. The van der Waals surface area contributed by atoms with Crippen molar-refractivity contribution < 1.29 is 24.2 Å². The van der Waals surface area contributed by atoms with Crippen molar-refractivity contribution in [2.75, 3.05) is 6.54 Å². The fraction of sp³-hybridized carbons (Fsp3) is 0.577. The summed E-state index contributed by atoms with van der Waals surface area (Å²) >= 11 is 0. The van der Waals surface area contributed by atoms with E-state index >= 15 is 0 Å². The van der Waals surface area contributed by atoms with Crippen molar-refractivity contribution >= 4 is 29.3 Å². The first-order valence-electron chi connectivity index (χ1n) is 12.2. The molecule has 6 heterocycles. The van der Waals surface area contributed by atoms with E-state index in [9.17, 15) is 19.9 Å². The second-order valence-corrected chi connectivity index (χ2v) is 12.1. The molecule has 2 bridgehead atoms. The molecular formula is C26H29N3O5. The van der Waals surface area contributed by atoms with Crippen molar-refractivity contribution in [1.82, 2.24) is 10.2 Å². The molecule has 5 fully saturated rings. The van der Waals surface area contributed by atoms with Crippen LogP contribution in [0.2, 0.25) is 0 Å². The van der Waals surface area contributed by atoms with Gasteiger partial charge < -0.3 is 25.3 Å². The van der Waals surface area contributed by atoms with Crippen molar-refractivity contribution in [3.05, 3.63) is 34.5 Å². The summed E-state index contributed by atoms with van der Waals surface area (Å²) in [6, 6.07) is 3.53. The Labute approximate surface area is 197 Å². The average Bonchev–Trinajstić information content (AvgIpc) is 3.27. The lowest BCUT2D eigenvalue weighted by Gasteiger charge is -2.65. The molecule has 8 heteroatoms. The molecule has 0 radical (unpaired) electrons. The van der Waals surface area contributed by atoms with E-state index < -0.39 is 27.7 Å². The Hall–Kier alpha value is -2.87. The molecule has 6 aliphatic heterocycles. The molecule has 34 heavy (non-hydrogen) atoms. The Morgan fingerprint density at radius 1 is 1.24 bits per heavy atom. The molecule has 1 aliphatic carbocycles. The lowest BCUT2D eigenvalue weighted by molar-refractivity contribution is -0.368. The Morgan fingerprint density at radius 3 is 2.76 bits per heavy atom. The zero-order valence-electron chi connectivity index (χ0n) is 19.9. The number of nitrogens with zero attached hydrogens (tertiary/aromatic N) is 2. The summed E-state index contributed by atoms with van der Waals surface area (Å²) in [5.74, 6) is 0.0652. The number of hydrogen-bond acceptors (Lipinski definition) is 5. The van der Waals surface area contributed by atoms with Crippen LogP contribution in [0.1, 0.15) is 64.5 Å². The van der Waals surface area contributed by atoms with Crippen LogP contribution >= 0.6 is 0 Å². The number of piperazine rings is 1. The maximum absolute atomic E-state index is 14.0. The summed E-state index contributed by atoms with van der Waals surface area (Å²) in [6.45, 7) is 8.33. The number of ether oxygens (including phenoxy) is 1. The number of carbonyl (C=O) groups excluding carboxylic acids is 2. The largest absolute Gasteiger partial charge is 0.618 e. The van der Waals surface area contributed by atoms with E-state index in [1.165, 1.54) is 0 Å². The number of amides is 2. The van der Waals surface area contributed by atoms with Gasteiger partial charge in [-0.05, 0) is 71.2 Å². The zero-order chi connectivity index (χ0) is 24.1. The van der Waals surface area contributed by atoms with E-state index in [2.05, 4.69) is 5.32 Å². The molecule has 1 saturated carbocycles. The molecule has 4 atom stereocenters. The van der Waals surface area contributed by atoms with E-state index in [1.807, 2.05) is 39.8 Å². The highest BCUT2D eigenvalue weighted by atomic mass is 16.5. The number of nitrogens with one attached hydrogen (secondary N) is 1. The van der Waals surface area contributed by atoms with Crippen LogP contribution in [0.25, 0.3) is 6.08 Å². The highest BCUT2D eigenvalue weighted by Crippen LogP contribution is 2.64. The highest BCUT2D eigenvalue weighted by molar-refractivity contribution is 6.09. The van der Waals surface area contributed by atoms with Crippen LogP contribution in [0, 0.1) is 16.5 Å². The third kappa shape index (κ3) is 1.97. The predicted octanol–water partition coefficient (Wildman–Crippen LogP) is 2.33. The third-order valence-corrected chi connectivity index (χ3v) is 9.47. The van der Waals surface area contributed by atoms with Gasteiger partial charge in [-0.1, -0.05) is 0 Å². The van der Waals surface area contributed by atoms with Crippen LogP contribution in [0.15, 0.2) is 18.2 Å². The van der Waals surface area contributed by atoms with Gasteiger partial charge >= 0.3 is 0 Å². The van der Waals surface area contributed by atoms with Crippen LogP contribution in [0.5, 0.6) is 5.75 Å². The minimum Gasteiger partial charge on any atom is -0.618 e. The Bertz CT molecular complexity index is 1300. The molecular weight excluding hydrogens is 434 g/mol. The van der Waals surface area contributed by atoms with E-state index in [0.717, 1.165) is 11.2 Å². The van der Waals surface area contributed by atoms with Crippen LogP contribution in [-0.2, 0) is 15.2 Å². The Kier molecular flexibility index (Phi) is 3.32. The van der Waals surface area contributed by atoms with Gasteiger partial charge in [0.1, 0.15) is 22.4 Å². The topological polar surface area (TPSA) is 105 Å². The highest BCUT2D eigenvalue weighted by Gasteiger charge is 2.79. The lowest BCUT2D eigenvalue weighted by Crippen LogP contribution is -2.86. The second-order valence-electron chi connectivity index (χ2n) is 12.1. The fourth-order valence-electron chi connectivity index (χ4n) is 8.13. The molecule has 1 aromatic carbocycles. The molecule has 1 aromatic rings. The fourth-order valence-corrected chi connectivity index (χ4v) is 8.13. The number of benzene rings is 1. The molecule has 178 valence electrons. The van der Waals surface area contributed by atoms with E-state index in [-0.39, 0.29) is 24.2 Å². The molecule has 0 unspecified atom stereocenters. The van der Waals surface area contributed by atoms with Gasteiger partial charge in [-0.3, -0.25) is 9.59 Å². The molecule has 2 amide bonds. The van der Waals surface area contributed by atoms with E-state index in [4.69, 9.17) is 4.74 Å². The van der Waals surface area contributed by atoms with Crippen molar-refractivity contribution in [1.29, 1.82) is 0 Å². The molecule has 8 rings (SSSR count). The Balaban J connectivity index is 1.47. The summed E-state index contributed by atoms with van der Waals surface area (Å²) in [5, 5.41) is 29.4. The molecule has 2 spiro atoms. The number of piperidine rings is 2. The van der Waals surface area contributed by atoms with Gasteiger partial charge in [-0.25, -0.2) is 0 Å². The number of rotatable bonds is 0. The van der Waals surface area contributed by atoms with Gasteiger partial charge in [-0.2, -0.15) is 4.74 Å². The first kappa shape index (κ1) is 20.5. The third-order valence-electron chi connectivity index (χ3n) is 9.47. The number of hydrogen-bond donors (Lipinski definition) is 2. The van der Waals surface area contributed by atoms with Gasteiger partial charge in [0.05, 0.1) is 16.5 Å². The molecule has 8 nitrogen and oxygen atoms in total. The van der Waals surface area contributed by atoms with E-state index in [1.54, 1.807) is 17.0 Å². The average molecular weight is 464 g/mol. The summed E-state index contributed by atoms with van der Waals surface area (Å²) in [7, 11) is 0. The first-order chi connectivity index (χ1) is 15.9. The van der Waals surface area contributed by atoms with Crippen LogP contribution < -0.4 is 10.1 Å². The quantitative estimate of drug-likeness (QED) is 0.454. The first-order valence-corrected chi connectivity index (χ1v) is 12.2. The zero-order valence-corrected chi connectivity index (χ0v) is 19.9. The smallest absolute Gasteiger partial charge is 0.249 e. The van der Waals surface area contributed by atoms with Gasteiger partial charge in [0.15, 0.2) is 5.60 Å². The van der Waals surface area contributed by atoms with Crippen LogP contribution in [0.3, 0.4) is 0 Å². The van der Waals surface area contributed by atoms with Crippen molar-refractivity contribution in [2.24, 2.45) is 11.3 Å². The summed E-state index contributed by atoms with van der Waals surface area (Å²) in [5.41, 5.74) is -3.25. The summed E-state index contributed by atoms with van der Waals surface area (Å²) in [4.78, 5) is 29.0. The Morgan fingerprint density at radius 2 is 2.00 bits per heavy atom. The predicted molar refractivity (Wildman–Crippen MR) is 123 cm³/mol. The van der Waals surface area contributed by atoms with Gasteiger partial charge in [0.25, 0.3) is 0 Å². The molecule has 4 saturated heterocycles.